The number of carboxylic acid groups (broad SMARTS) is 2. The smallest absolute Gasteiger partial charge is 0.326 e. The van der Waals surface area contributed by atoms with E-state index in [0.717, 1.165) is 5.56 Å². The maximum atomic E-state index is 13.0. The van der Waals surface area contributed by atoms with Crippen LogP contribution in [0.4, 0.5) is 0 Å². The molecule has 1 aromatic carbocycles. The van der Waals surface area contributed by atoms with Gasteiger partial charge in [-0.2, -0.15) is 12.6 Å². The summed E-state index contributed by atoms with van der Waals surface area (Å²) < 4.78 is 0. The van der Waals surface area contributed by atoms with Crippen LogP contribution in [0, 0.1) is 5.92 Å². The Kier molecular flexibility index (Phi) is 12.8. The zero-order chi connectivity index (χ0) is 26.5. The molecule has 1 aromatic rings. The third kappa shape index (κ3) is 11.2. The minimum absolute atomic E-state index is 0.00711. The van der Waals surface area contributed by atoms with Crippen molar-refractivity contribution in [1.29, 1.82) is 0 Å². The van der Waals surface area contributed by atoms with Gasteiger partial charge in [-0.05, 0) is 24.3 Å². The molecule has 35 heavy (non-hydrogen) atoms. The first-order valence-electron chi connectivity index (χ1n) is 11.2. The van der Waals surface area contributed by atoms with Crippen molar-refractivity contribution in [3.63, 3.8) is 0 Å². The molecule has 0 bridgehead atoms. The first-order chi connectivity index (χ1) is 16.4. The molecule has 4 unspecified atom stereocenters. The largest absolute Gasteiger partial charge is 0.481 e. The average molecular weight is 511 g/mol. The molecule has 0 saturated heterocycles. The lowest BCUT2D eigenvalue weighted by atomic mass is 10.0. The van der Waals surface area contributed by atoms with E-state index < -0.39 is 53.8 Å². The van der Waals surface area contributed by atoms with Gasteiger partial charge in [0.25, 0.3) is 0 Å². The lowest BCUT2D eigenvalue weighted by molar-refractivity contribution is -0.143. The molecule has 0 spiro atoms. The fourth-order valence-corrected chi connectivity index (χ4v) is 3.44. The number of aliphatic carboxylic acids is 2. The average Bonchev–Trinajstić information content (AvgIpc) is 2.79. The molecule has 7 N–H and O–H groups in total. The van der Waals surface area contributed by atoms with Gasteiger partial charge in [0.1, 0.15) is 18.1 Å². The first-order valence-corrected chi connectivity index (χ1v) is 11.8. The van der Waals surface area contributed by atoms with Crippen molar-refractivity contribution >= 4 is 42.3 Å². The molecule has 0 saturated carbocycles. The van der Waals surface area contributed by atoms with Crippen molar-refractivity contribution in [3.8, 4) is 0 Å². The second kappa shape index (κ2) is 15.0. The lowest BCUT2D eigenvalue weighted by Crippen LogP contribution is -2.58. The van der Waals surface area contributed by atoms with Crippen molar-refractivity contribution in [2.45, 2.75) is 63.7 Å². The molecule has 0 heterocycles. The summed E-state index contributed by atoms with van der Waals surface area (Å²) >= 11 is 4.09. The Morgan fingerprint density at radius 1 is 0.886 bits per heavy atom. The highest BCUT2D eigenvalue weighted by Gasteiger charge is 2.30. The second-order valence-corrected chi connectivity index (χ2v) is 8.93. The van der Waals surface area contributed by atoms with Crippen LogP contribution in [-0.2, 0) is 30.4 Å². The van der Waals surface area contributed by atoms with E-state index in [4.69, 9.17) is 10.8 Å². The van der Waals surface area contributed by atoms with E-state index in [1.165, 1.54) is 0 Å². The number of hydrogen-bond acceptors (Lipinski definition) is 7. The molecule has 0 aliphatic carbocycles. The number of amides is 3. The van der Waals surface area contributed by atoms with Gasteiger partial charge in [-0.3, -0.25) is 19.2 Å². The number of hydrogen-bond donors (Lipinski definition) is 7. The number of carbonyl (C=O) groups is 5. The molecular weight excluding hydrogens is 476 g/mol. The molecular formula is C23H34N4O7S. The van der Waals surface area contributed by atoms with Crippen molar-refractivity contribution in [3.05, 3.63) is 35.9 Å². The van der Waals surface area contributed by atoms with Crippen LogP contribution in [0.5, 0.6) is 0 Å². The minimum atomic E-state index is -1.19. The van der Waals surface area contributed by atoms with E-state index in [9.17, 15) is 29.1 Å². The quantitative estimate of drug-likeness (QED) is 0.160. The summed E-state index contributed by atoms with van der Waals surface area (Å²) in [5.74, 6) is -4.53. The van der Waals surface area contributed by atoms with Gasteiger partial charge in [0.2, 0.25) is 17.7 Å². The van der Waals surface area contributed by atoms with Crippen LogP contribution in [0.15, 0.2) is 30.3 Å². The van der Waals surface area contributed by atoms with Crippen LogP contribution < -0.4 is 21.7 Å². The molecule has 4 atom stereocenters. The fraction of sp³-hybridized carbons (Fsp3) is 0.522. The Labute approximate surface area is 209 Å². The van der Waals surface area contributed by atoms with Crippen molar-refractivity contribution in [2.24, 2.45) is 11.7 Å². The van der Waals surface area contributed by atoms with Gasteiger partial charge in [0, 0.05) is 18.6 Å². The highest BCUT2D eigenvalue weighted by molar-refractivity contribution is 7.80. The van der Waals surface area contributed by atoms with Crippen molar-refractivity contribution in [2.75, 3.05) is 5.75 Å². The van der Waals surface area contributed by atoms with Crippen molar-refractivity contribution in [1.82, 2.24) is 16.0 Å². The standard InChI is InChI=1S/C23H34N4O7S/c1-13(2)10-17(23(33)34)26-21(31)16(11-14-6-4-3-5-7-14)25-22(32)18(12-35)27-20(30)15(24)8-9-19(28)29/h3-7,13,15-18,35H,8-12,24H2,1-2H3,(H,25,32)(H,26,31)(H,27,30)(H,28,29)(H,33,34). The Hall–Kier alpha value is -3.12. The van der Waals surface area contributed by atoms with Crippen LogP contribution in [0.25, 0.3) is 0 Å². The Bertz CT molecular complexity index is 882. The molecule has 0 aliphatic rings. The van der Waals surface area contributed by atoms with Crippen LogP contribution >= 0.6 is 12.6 Å². The van der Waals surface area contributed by atoms with E-state index in [2.05, 4.69) is 28.6 Å². The molecule has 12 heteroatoms. The van der Waals surface area contributed by atoms with Crippen LogP contribution in [0.3, 0.4) is 0 Å². The SMILES string of the molecule is CC(C)CC(NC(=O)C(Cc1ccccc1)NC(=O)C(CS)NC(=O)C(N)CCC(=O)O)C(=O)O. The normalized spacial score (nSPS) is 14.3. The summed E-state index contributed by atoms with van der Waals surface area (Å²) in [6.45, 7) is 3.65. The van der Waals surface area contributed by atoms with Gasteiger partial charge < -0.3 is 31.9 Å². The molecule has 0 fully saturated rings. The van der Waals surface area contributed by atoms with Crippen LogP contribution in [0.2, 0.25) is 0 Å². The van der Waals surface area contributed by atoms with E-state index in [0.29, 0.717) is 0 Å². The summed E-state index contributed by atoms with van der Waals surface area (Å²) in [5.41, 5.74) is 6.42. The molecule has 3 amide bonds. The number of carbonyl (C=O) groups excluding carboxylic acids is 3. The highest BCUT2D eigenvalue weighted by Crippen LogP contribution is 2.08. The summed E-state index contributed by atoms with van der Waals surface area (Å²) in [6, 6.07) is 4.28. The Morgan fingerprint density at radius 2 is 1.43 bits per heavy atom. The number of nitrogens with one attached hydrogen (secondary N) is 3. The summed E-state index contributed by atoms with van der Waals surface area (Å²) in [6.07, 6.45) is -0.144. The van der Waals surface area contributed by atoms with E-state index >= 15 is 0 Å². The van der Waals surface area contributed by atoms with Gasteiger partial charge >= 0.3 is 11.9 Å². The zero-order valence-corrected chi connectivity index (χ0v) is 20.7. The predicted octanol–water partition coefficient (Wildman–Crippen LogP) is -0.0639. The van der Waals surface area contributed by atoms with E-state index in [1.54, 1.807) is 30.3 Å². The summed E-state index contributed by atoms with van der Waals surface area (Å²) in [4.78, 5) is 60.5. The number of benzene rings is 1. The topological polar surface area (TPSA) is 188 Å². The second-order valence-electron chi connectivity index (χ2n) is 8.56. The maximum absolute atomic E-state index is 13.0. The van der Waals surface area contributed by atoms with Gasteiger partial charge in [-0.1, -0.05) is 44.2 Å². The highest BCUT2D eigenvalue weighted by atomic mass is 32.1. The number of nitrogens with two attached hydrogens (primary N) is 1. The minimum Gasteiger partial charge on any atom is -0.481 e. The lowest BCUT2D eigenvalue weighted by Gasteiger charge is -2.25. The zero-order valence-electron chi connectivity index (χ0n) is 19.8. The maximum Gasteiger partial charge on any atom is 0.326 e. The number of carboxylic acids is 2. The van der Waals surface area contributed by atoms with Crippen molar-refractivity contribution < 1.29 is 34.2 Å². The van der Waals surface area contributed by atoms with Crippen LogP contribution in [0.1, 0.15) is 38.7 Å². The predicted molar refractivity (Wildman–Crippen MR) is 132 cm³/mol. The monoisotopic (exact) mass is 510 g/mol. The third-order valence-corrected chi connectivity index (χ3v) is 5.42. The summed E-state index contributed by atoms with van der Waals surface area (Å²) in [7, 11) is 0. The van der Waals surface area contributed by atoms with Gasteiger partial charge in [0.05, 0.1) is 6.04 Å². The number of rotatable bonds is 15. The molecule has 1 rings (SSSR count). The van der Waals surface area contributed by atoms with Gasteiger partial charge in [0.15, 0.2) is 0 Å². The van der Waals surface area contributed by atoms with Crippen LogP contribution in [-0.4, -0.2) is 69.8 Å². The van der Waals surface area contributed by atoms with E-state index in [1.807, 2.05) is 13.8 Å². The Morgan fingerprint density at radius 3 is 1.94 bits per heavy atom. The van der Waals surface area contributed by atoms with Gasteiger partial charge in [-0.15, -0.1) is 0 Å². The number of thiol groups is 1. The van der Waals surface area contributed by atoms with Gasteiger partial charge in [-0.25, -0.2) is 4.79 Å². The van der Waals surface area contributed by atoms with E-state index in [-0.39, 0.29) is 37.4 Å². The fourth-order valence-electron chi connectivity index (χ4n) is 3.18. The summed E-state index contributed by atoms with van der Waals surface area (Å²) in [5, 5.41) is 25.7. The molecule has 11 nitrogen and oxygen atoms in total. The molecule has 0 aromatic heterocycles. The first kappa shape index (κ1) is 29.9. The molecule has 194 valence electrons. The Balaban J connectivity index is 2.98. The third-order valence-electron chi connectivity index (χ3n) is 5.06. The molecule has 0 aliphatic heterocycles. The molecule has 0 radical (unpaired) electrons.